The Morgan fingerprint density at radius 2 is 2.31 bits per heavy atom. The van der Waals surface area contributed by atoms with Crippen LogP contribution in [0.3, 0.4) is 0 Å². The Labute approximate surface area is 78.2 Å². The van der Waals surface area contributed by atoms with Crippen molar-refractivity contribution in [3.05, 3.63) is 0 Å². The fraction of sp³-hybridized carbons (Fsp3) is 0.857. The van der Waals surface area contributed by atoms with Gasteiger partial charge in [-0.25, -0.2) is 8.42 Å². The van der Waals surface area contributed by atoms with Crippen molar-refractivity contribution >= 4 is 10.0 Å². The van der Waals surface area contributed by atoms with Gasteiger partial charge in [-0.3, -0.25) is 0 Å². The molecule has 1 saturated heterocycles. The van der Waals surface area contributed by atoms with Crippen molar-refractivity contribution in [2.45, 2.75) is 24.6 Å². The topological polar surface area (TPSA) is 87.2 Å². The number of rotatable bonds is 2. The van der Waals surface area contributed by atoms with Gasteiger partial charge in [-0.2, -0.15) is 9.57 Å². The number of nitrogens with zero attached hydrogens (tertiary/aromatic N) is 2. The van der Waals surface area contributed by atoms with Crippen LogP contribution >= 0.6 is 0 Å². The molecule has 1 rings (SSSR count). The monoisotopic (exact) mass is 203 g/mol. The molecule has 1 aliphatic rings. The molecule has 74 valence electrons. The number of hydrogen-bond donors (Lipinski definition) is 1. The first-order chi connectivity index (χ1) is 5.98. The second-order valence-electron chi connectivity index (χ2n) is 3.22. The van der Waals surface area contributed by atoms with Gasteiger partial charge in [-0.05, 0) is 13.3 Å². The van der Waals surface area contributed by atoms with E-state index in [-0.39, 0.29) is 6.04 Å². The van der Waals surface area contributed by atoms with E-state index in [1.165, 1.54) is 11.2 Å². The molecule has 0 saturated carbocycles. The number of nitriles is 1. The minimum Gasteiger partial charge on any atom is -0.326 e. The Balaban J connectivity index is 2.78. The van der Waals surface area contributed by atoms with Gasteiger partial charge in [-0.1, -0.05) is 0 Å². The highest BCUT2D eigenvalue weighted by molar-refractivity contribution is 7.89. The van der Waals surface area contributed by atoms with E-state index >= 15 is 0 Å². The van der Waals surface area contributed by atoms with Gasteiger partial charge in [0.15, 0.2) is 5.25 Å². The molecule has 1 aliphatic heterocycles. The first-order valence-corrected chi connectivity index (χ1v) is 5.63. The molecule has 0 bridgehead atoms. The summed E-state index contributed by atoms with van der Waals surface area (Å²) in [6.07, 6.45) is 0.678. The van der Waals surface area contributed by atoms with E-state index in [0.29, 0.717) is 19.5 Å². The molecule has 2 N–H and O–H groups in total. The second kappa shape index (κ2) is 3.62. The van der Waals surface area contributed by atoms with Crippen LogP contribution in [-0.2, 0) is 10.0 Å². The Kier molecular flexibility index (Phi) is 2.91. The minimum atomic E-state index is -3.43. The van der Waals surface area contributed by atoms with Crippen LogP contribution in [0.5, 0.6) is 0 Å². The van der Waals surface area contributed by atoms with E-state index in [2.05, 4.69) is 0 Å². The molecule has 0 aromatic heterocycles. The lowest BCUT2D eigenvalue weighted by molar-refractivity contribution is 0.469. The van der Waals surface area contributed by atoms with Gasteiger partial charge in [0.25, 0.3) is 0 Å². The van der Waals surface area contributed by atoms with Crippen molar-refractivity contribution in [2.24, 2.45) is 5.73 Å². The van der Waals surface area contributed by atoms with Crippen LogP contribution in [0.4, 0.5) is 0 Å². The quantitative estimate of drug-likeness (QED) is 0.640. The zero-order valence-corrected chi connectivity index (χ0v) is 8.29. The molecule has 0 aromatic carbocycles. The summed E-state index contributed by atoms with van der Waals surface area (Å²) in [6, 6.07) is 1.64. The average molecular weight is 203 g/mol. The summed E-state index contributed by atoms with van der Waals surface area (Å²) in [6.45, 7) is 2.17. The van der Waals surface area contributed by atoms with Gasteiger partial charge >= 0.3 is 0 Å². The summed E-state index contributed by atoms with van der Waals surface area (Å²) in [7, 11) is -3.43. The van der Waals surface area contributed by atoms with Crippen molar-refractivity contribution < 1.29 is 8.42 Å². The molecule has 0 amide bonds. The number of hydrogen-bond acceptors (Lipinski definition) is 4. The predicted molar refractivity (Wildman–Crippen MR) is 48.2 cm³/mol. The molecule has 1 unspecified atom stereocenters. The van der Waals surface area contributed by atoms with E-state index in [1.807, 2.05) is 0 Å². The third kappa shape index (κ3) is 1.99. The molecule has 13 heavy (non-hydrogen) atoms. The lowest BCUT2D eigenvalue weighted by Crippen LogP contribution is -2.37. The van der Waals surface area contributed by atoms with Crippen LogP contribution in [0.2, 0.25) is 0 Å². The molecule has 0 aromatic rings. The standard InChI is InChI=1S/C7H13N3O2S/c1-6(4-8)13(11,12)10-3-2-7(9)5-10/h6-7H,2-3,5,9H2,1H3/t6?,7-/m0/s1. The van der Waals surface area contributed by atoms with Gasteiger partial charge < -0.3 is 5.73 Å². The SMILES string of the molecule is CC(C#N)S(=O)(=O)N1CC[C@H](N)C1. The van der Waals surface area contributed by atoms with Gasteiger partial charge in [0.05, 0.1) is 6.07 Å². The molecule has 6 heteroatoms. The summed E-state index contributed by atoms with van der Waals surface area (Å²) in [5, 5.41) is 7.54. The highest BCUT2D eigenvalue weighted by Crippen LogP contribution is 2.15. The lowest BCUT2D eigenvalue weighted by atomic mass is 10.3. The van der Waals surface area contributed by atoms with E-state index < -0.39 is 15.3 Å². The third-order valence-corrected chi connectivity index (χ3v) is 4.23. The summed E-state index contributed by atoms with van der Waals surface area (Å²) in [5.74, 6) is 0. The van der Waals surface area contributed by atoms with Crippen LogP contribution in [0.15, 0.2) is 0 Å². The molecule has 0 spiro atoms. The van der Waals surface area contributed by atoms with Crippen molar-refractivity contribution in [2.75, 3.05) is 13.1 Å². The normalized spacial score (nSPS) is 27.0. The van der Waals surface area contributed by atoms with Crippen molar-refractivity contribution in [3.63, 3.8) is 0 Å². The maximum Gasteiger partial charge on any atom is 0.230 e. The zero-order chi connectivity index (χ0) is 10.1. The van der Waals surface area contributed by atoms with Crippen molar-refractivity contribution in [1.29, 1.82) is 5.26 Å². The van der Waals surface area contributed by atoms with E-state index in [1.54, 1.807) is 6.07 Å². The molecular weight excluding hydrogens is 190 g/mol. The van der Waals surface area contributed by atoms with E-state index in [0.717, 1.165) is 0 Å². The van der Waals surface area contributed by atoms with Crippen molar-refractivity contribution in [3.8, 4) is 6.07 Å². The van der Waals surface area contributed by atoms with Gasteiger partial charge in [0.1, 0.15) is 0 Å². The average Bonchev–Trinajstić information content (AvgIpc) is 2.50. The summed E-state index contributed by atoms with van der Waals surface area (Å²) in [5.41, 5.74) is 5.57. The minimum absolute atomic E-state index is 0.0827. The van der Waals surface area contributed by atoms with E-state index in [4.69, 9.17) is 11.0 Å². The Morgan fingerprint density at radius 3 is 2.69 bits per heavy atom. The molecule has 0 aliphatic carbocycles. The van der Waals surface area contributed by atoms with Crippen LogP contribution < -0.4 is 5.73 Å². The summed E-state index contributed by atoms with van der Waals surface area (Å²) < 4.78 is 24.4. The maximum atomic E-state index is 11.6. The first kappa shape index (κ1) is 10.4. The largest absolute Gasteiger partial charge is 0.326 e. The van der Waals surface area contributed by atoms with Crippen LogP contribution in [0.25, 0.3) is 0 Å². The number of sulfonamides is 1. The molecule has 1 heterocycles. The predicted octanol–water partition coefficient (Wildman–Crippen LogP) is -0.739. The summed E-state index contributed by atoms with van der Waals surface area (Å²) in [4.78, 5) is 0. The molecule has 2 atom stereocenters. The van der Waals surface area contributed by atoms with Gasteiger partial charge in [0, 0.05) is 19.1 Å². The first-order valence-electron chi connectivity index (χ1n) is 4.12. The van der Waals surface area contributed by atoms with Gasteiger partial charge in [0.2, 0.25) is 10.0 Å². The number of nitrogens with two attached hydrogens (primary N) is 1. The Hall–Kier alpha value is -0.640. The van der Waals surface area contributed by atoms with Gasteiger partial charge in [-0.15, -0.1) is 0 Å². The van der Waals surface area contributed by atoms with Crippen LogP contribution in [0, 0.1) is 11.3 Å². The highest BCUT2D eigenvalue weighted by Gasteiger charge is 2.33. The second-order valence-corrected chi connectivity index (χ2v) is 5.48. The molecule has 1 fully saturated rings. The molecular formula is C7H13N3O2S. The Morgan fingerprint density at radius 1 is 1.69 bits per heavy atom. The Bertz CT molecular complexity index is 319. The van der Waals surface area contributed by atoms with Crippen molar-refractivity contribution in [1.82, 2.24) is 4.31 Å². The lowest BCUT2D eigenvalue weighted by Gasteiger charge is -2.16. The molecule has 5 nitrogen and oxygen atoms in total. The third-order valence-electron chi connectivity index (χ3n) is 2.18. The van der Waals surface area contributed by atoms with E-state index in [9.17, 15) is 8.42 Å². The fourth-order valence-electron chi connectivity index (χ4n) is 1.28. The van der Waals surface area contributed by atoms with Crippen LogP contribution in [0.1, 0.15) is 13.3 Å². The zero-order valence-electron chi connectivity index (χ0n) is 7.47. The molecule has 0 radical (unpaired) electrons. The maximum absolute atomic E-state index is 11.6. The van der Waals surface area contributed by atoms with Crippen LogP contribution in [-0.4, -0.2) is 37.1 Å². The highest BCUT2D eigenvalue weighted by atomic mass is 32.2. The fourth-order valence-corrected chi connectivity index (χ4v) is 2.61. The smallest absolute Gasteiger partial charge is 0.230 e. The summed E-state index contributed by atoms with van der Waals surface area (Å²) >= 11 is 0.